The standard InChI is InChI=1S/C12H30N3O4P/c1-13(2)9-7-12(11-15(5)6,8-10-14(3)4)19-20(16,17)18/h7-11H2,1-6H3,(H2,16,17,18). The van der Waals surface area contributed by atoms with Gasteiger partial charge in [-0.05, 0) is 55.1 Å². The van der Waals surface area contributed by atoms with Gasteiger partial charge in [-0.3, -0.25) is 4.52 Å². The number of hydrogen-bond acceptors (Lipinski definition) is 5. The quantitative estimate of drug-likeness (QED) is 0.562. The summed E-state index contributed by atoms with van der Waals surface area (Å²) in [7, 11) is 6.97. The van der Waals surface area contributed by atoms with Gasteiger partial charge in [0, 0.05) is 19.6 Å². The molecule has 0 aliphatic carbocycles. The van der Waals surface area contributed by atoms with Gasteiger partial charge < -0.3 is 24.5 Å². The van der Waals surface area contributed by atoms with Crippen LogP contribution in [-0.2, 0) is 9.09 Å². The molecule has 0 aliphatic rings. The first-order valence-corrected chi connectivity index (χ1v) is 8.19. The van der Waals surface area contributed by atoms with Crippen molar-refractivity contribution < 1.29 is 18.9 Å². The molecule has 0 amide bonds. The lowest BCUT2D eigenvalue weighted by molar-refractivity contribution is -0.00895. The molecule has 0 saturated heterocycles. The minimum absolute atomic E-state index is 0.472. The molecule has 7 nitrogen and oxygen atoms in total. The topological polar surface area (TPSA) is 76.5 Å². The minimum atomic E-state index is -4.53. The van der Waals surface area contributed by atoms with E-state index < -0.39 is 13.4 Å². The van der Waals surface area contributed by atoms with Gasteiger partial charge in [0.1, 0.15) is 0 Å². The molecule has 0 bridgehead atoms. The first-order chi connectivity index (χ1) is 8.96. The number of likely N-dealkylation sites (N-methyl/N-ethyl adjacent to an activating group) is 1. The molecule has 122 valence electrons. The van der Waals surface area contributed by atoms with E-state index in [0.717, 1.165) is 0 Å². The van der Waals surface area contributed by atoms with Gasteiger partial charge in [0.2, 0.25) is 0 Å². The summed E-state index contributed by atoms with van der Waals surface area (Å²) in [5.74, 6) is 0. The summed E-state index contributed by atoms with van der Waals surface area (Å²) in [5, 5.41) is 0. The van der Waals surface area contributed by atoms with Gasteiger partial charge in [-0.1, -0.05) is 0 Å². The zero-order valence-corrected chi connectivity index (χ0v) is 14.4. The second kappa shape index (κ2) is 8.44. The number of hydrogen-bond donors (Lipinski definition) is 2. The van der Waals surface area contributed by atoms with E-state index in [1.165, 1.54) is 0 Å². The third-order valence-corrected chi connectivity index (χ3v) is 3.57. The number of nitrogens with zero attached hydrogens (tertiary/aromatic N) is 3. The number of phosphoric ester groups is 1. The summed E-state index contributed by atoms with van der Waals surface area (Å²) < 4.78 is 16.6. The normalized spacial score (nSPS) is 13.8. The van der Waals surface area contributed by atoms with Crippen molar-refractivity contribution in [2.24, 2.45) is 0 Å². The summed E-state index contributed by atoms with van der Waals surface area (Å²) in [5.41, 5.74) is -0.850. The molecule has 0 saturated carbocycles. The van der Waals surface area contributed by atoms with Crippen LogP contribution in [0.25, 0.3) is 0 Å². The van der Waals surface area contributed by atoms with Crippen molar-refractivity contribution in [1.82, 2.24) is 14.7 Å². The first kappa shape index (κ1) is 20.0. The molecule has 8 heteroatoms. The molecular formula is C12H30N3O4P. The molecule has 0 unspecified atom stereocenters. The van der Waals surface area contributed by atoms with Gasteiger partial charge in [-0.15, -0.1) is 0 Å². The van der Waals surface area contributed by atoms with Crippen molar-refractivity contribution in [2.45, 2.75) is 18.4 Å². The van der Waals surface area contributed by atoms with Gasteiger partial charge in [-0.25, -0.2) is 4.57 Å². The highest BCUT2D eigenvalue weighted by molar-refractivity contribution is 7.46. The van der Waals surface area contributed by atoms with Crippen molar-refractivity contribution in [1.29, 1.82) is 0 Å². The molecule has 0 aromatic rings. The summed E-state index contributed by atoms with van der Waals surface area (Å²) in [4.78, 5) is 24.4. The van der Waals surface area contributed by atoms with Crippen LogP contribution >= 0.6 is 7.82 Å². The lowest BCUT2D eigenvalue weighted by Crippen LogP contribution is -2.46. The summed E-state index contributed by atoms with van der Waals surface area (Å²) in [6, 6.07) is 0. The van der Waals surface area contributed by atoms with E-state index >= 15 is 0 Å². The Kier molecular flexibility index (Phi) is 8.43. The molecule has 0 radical (unpaired) electrons. The monoisotopic (exact) mass is 311 g/mol. The fourth-order valence-corrected chi connectivity index (χ4v) is 2.83. The van der Waals surface area contributed by atoms with Crippen LogP contribution in [0.1, 0.15) is 12.8 Å². The molecule has 0 aliphatic heterocycles. The molecule has 0 atom stereocenters. The SMILES string of the molecule is CN(C)CCC(CCN(C)C)(CN(C)C)OP(=O)(O)O. The largest absolute Gasteiger partial charge is 0.470 e. The molecule has 2 N–H and O–H groups in total. The highest BCUT2D eigenvalue weighted by atomic mass is 31.2. The first-order valence-electron chi connectivity index (χ1n) is 6.66. The van der Waals surface area contributed by atoms with Gasteiger partial charge >= 0.3 is 7.82 Å². The number of rotatable bonds is 10. The Morgan fingerprint density at radius 2 is 1.30 bits per heavy atom. The number of phosphoric acid groups is 1. The van der Waals surface area contributed by atoms with Gasteiger partial charge in [0.15, 0.2) is 0 Å². The second-order valence-corrected chi connectivity index (χ2v) is 7.27. The highest BCUT2D eigenvalue weighted by Crippen LogP contribution is 2.44. The third-order valence-electron chi connectivity index (χ3n) is 2.95. The molecule has 0 spiro atoms. The van der Waals surface area contributed by atoms with Crippen molar-refractivity contribution in [2.75, 3.05) is 61.9 Å². The highest BCUT2D eigenvalue weighted by Gasteiger charge is 2.38. The Labute approximate surface area is 122 Å². The second-order valence-electron chi connectivity index (χ2n) is 6.11. The van der Waals surface area contributed by atoms with Crippen molar-refractivity contribution in [3.63, 3.8) is 0 Å². The summed E-state index contributed by atoms with van der Waals surface area (Å²) >= 11 is 0. The predicted octanol–water partition coefficient (Wildman–Crippen LogP) is 0.300. The maximum absolute atomic E-state index is 11.3. The van der Waals surface area contributed by atoms with E-state index in [1.54, 1.807) is 0 Å². The van der Waals surface area contributed by atoms with Crippen LogP contribution in [0.3, 0.4) is 0 Å². The van der Waals surface area contributed by atoms with E-state index in [-0.39, 0.29) is 0 Å². The zero-order valence-electron chi connectivity index (χ0n) is 13.5. The summed E-state index contributed by atoms with van der Waals surface area (Å²) in [6.07, 6.45) is 1.13. The molecule has 0 fully saturated rings. The van der Waals surface area contributed by atoms with E-state index in [0.29, 0.717) is 32.5 Å². The molecular weight excluding hydrogens is 281 g/mol. The Morgan fingerprint density at radius 3 is 1.55 bits per heavy atom. The zero-order chi connectivity index (χ0) is 16.0. The van der Waals surface area contributed by atoms with Crippen molar-refractivity contribution in [3.05, 3.63) is 0 Å². The third kappa shape index (κ3) is 9.83. The van der Waals surface area contributed by atoms with Crippen molar-refractivity contribution >= 4 is 7.82 Å². The maximum Gasteiger partial charge on any atom is 0.470 e. The lowest BCUT2D eigenvalue weighted by atomic mass is 9.94. The predicted molar refractivity (Wildman–Crippen MR) is 80.8 cm³/mol. The van der Waals surface area contributed by atoms with Crippen molar-refractivity contribution in [3.8, 4) is 0 Å². The van der Waals surface area contributed by atoms with Crippen LogP contribution in [0.5, 0.6) is 0 Å². The van der Waals surface area contributed by atoms with Gasteiger partial charge in [-0.2, -0.15) is 0 Å². The molecule has 0 aromatic heterocycles. The maximum atomic E-state index is 11.3. The lowest BCUT2D eigenvalue weighted by Gasteiger charge is -2.37. The molecule has 0 aromatic carbocycles. The van der Waals surface area contributed by atoms with Crippen LogP contribution in [0.15, 0.2) is 0 Å². The Hall–Kier alpha value is -0.0100. The Morgan fingerprint density at radius 1 is 0.900 bits per heavy atom. The van der Waals surface area contributed by atoms with E-state index in [4.69, 9.17) is 4.52 Å². The minimum Gasteiger partial charge on any atom is -0.309 e. The van der Waals surface area contributed by atoms with Gasteiger partial charge in [0.05, 0.1) is 5.60 Å². The Bertz CT molecular complexity index is 306. The van der Waals surface area contributed by atoms with Gasteiger partial charge in [0.25, 0.3) is 0 Å². The molecule has 0 rings (SSSR count). The van der Waals surface area contributed by atoms with E-state index in [2.05, 4.69) is 0 Å². The van der Waals surface area contributed by atoms with Crippen LogP contribution in [-0.4, -0.2) is 92.0 Å². The average Bonchev–Trinajstić information content (AvgIpc) is 2.20. The summed E-state index contributed by atoms with van der Waals surface area (Å²) in [6.45, 7) is 1.89. The fraction of sp³-hybridized carbons (Fsp3) is 1.00. The van der Waals surface area contributed by atoms with Crippen LogP contribution in [0.2, 0.25) is 0 Å². The van der Waals surface area contributed by atoms with E-state index in [9.17, 15) is 14.4 Å². The van der Waals surface area contributed by atoms with E-state index in [1.807, 2.05) is 57.0 Å². The van der Waals surface area contributed by atoms with Crippen LogP contribution in [0, 0.1) is 0 Å². The average molecular weight is 311 g/mol. The fourth-order valence-electron chi connectivity index (χ4n) is 2.09. The molecule has 20 heavy (non-hydrogen) atoms. The molecule has 0 heterocycles. The van der Waals surface area contributed by atoms with Crippen LogP contribution in [0.4, 0.5) is 0 Å². The Balaban J connectivity index is 5.09. The van der Waals surface area contributed by atoms with Crippen LogP contribution < -0.4 is 0 Å². The smallest absolute Gasteiger partial charge is 0.309 e.